The van der Waals surface area contributed by atoms with Gasteiger partial charge in [0.1, 0.15) is 18.1 Å². The van der Waals surface area contributed by atoms with Gasteiger partial charge in [-0.1, -0.05) is 27.7 Å². The predicted molar refractivity (Wildman–Crippen MR) is 126 cm³/mol. The molecule has 194 valence electrons. The van der Waals surface area contributed by atoms with Gasteiger partial charge in [-0.2, -0.15) is 0 Å². The number of esters is 1. The highest BCUT2D eigenvalue weighted by molar-refractivity contribution is 6.08. The smallest absolute Gasteiger partial charge is 0.309 e. The molecule has 5 rings (SSSR count). The maximum absolute atomic E-state index is 14.2. The number of hydrogen-bond acceptors (Lipinski definition) is 9. The lowest BCUT2D eigenvalue weighted by Crippen LogP contribution is -2.51. The summed E-state index contributed by atoms with van der Waals surface area (Å²) in [4.78, 5) is 27.2. The molecule has 9 heteroatoms. The third-order valence-corrected chi connectivity index (χ3v) is 8.22. The number of ether oxygens (including phenoxy) is 6. The molecule has 6 atom stereocenters. The van der Waals surface area contributed by atoms with E-state index in [2.05, 4.69) is 0 Å². The van der Waals surface area contributed by atoms with Gasteiger partial charge in [0.25, 0.3) is 0 Å². The second-order valence-corrected chi connectivity index (χ2v) is 9.96. The first kappa shape index (κ1) is 24.5. The van der Waals surface area contributed by atoms with Gasteiger partial charge in [-0.25, -0.2) is 0 Å². The molecule has 0 unspecified atom stereocenters. The zero-order valence-electron chi connectivity index (χ0n) is 21.4. The maximum Gasteiger partial charge on any atom is 0.309 e. The van der Waals surface area contributed by atoms with E-state index in [1.54, 1.807) is 12.1 Å². The van der Waals surface area contributed by atoms with Gasteiger partial charge in [0, 0.05) is 17.0 Å². The average Bonchev–Trinajstić information content (AvgIpc) is 3.51. The molecular formula is C27H32O9. The lowest BCUT2D eigenvalue weighted by Gasteiger charge is -2.43. The number of aliphatic hydroxyl groups is 1. The molecule has 1 spiro atoms. The van der Waals surface area contributed by atoms with Crippen LogP contribution in [0.2, 0.25) is 0 Å². The Bertz CT molecular complexity index is 1180. The maximum atomic E-state index is 14.2. The number of fused-ring (bicyclic) bond motifs is 2. The summed E-state index contributed by atoms with van der Waals surface area (Å²) in [5.74, 6) is -0.288. The van der Waals surface area contributed by atoms with Crippen LogP contribution < -0.4 is 14.2 Å². The first-order valence-electron chi connectivity index (χ1n) is 12.3. The fourth-order valence-corrected chi connectivity index (χ4v) is 5.65. The summed E-state index contributed by atoms with van der Waals surface area (Å²) >= 11 is 0. The highest BCUT2D eigenvalue weighted by Crippen LogP contribution is 2.61. The number of carbonyl (C=O) groups is 2. The minimum Gasteiger partial charge on any atom is -0.493 e. The lowest BCUT2D eigenvalue weighted by molar-refractivity contribution is -0.158. The Morgan fingerprint density at radius 2 is 1.92 bits per heavy atom. The Hall–Kier alpha value is -3.20. The van der Waals surface area contributed by atoms with Crippen LogP contribution in [0.1, 0.15) is 51.3 Å². The molecule has 1 aromatic carbocycles. The molecule has 0 saturated heterocycles. The van der Waals surface area contributed by atoms with Crippen molar-refractivity contribution in [3.63, 3.8) is 0 Å². The number of Topliss-reactive ketones (excluding diaryl/α,β-unsaturated/α-hetero) is 1. The molecule has 0 amide bonds. The van der Waals surface area contributed by atoms with E-state index in [9.17, 15) is 14.7 Å². The highest BCUT2D eigenvalue weighted by atomic mass is 16.7. The van der Waals surface area contributed by atoms with Crippen LogP contribution in [0.5, 0.6) is 17.2 Å². The normalized spacial score (nSPS) is 30.9. The van der Waals surface area contributed by atoms with Crippen LogP contribution in [-0.4, -0.2) is 50.6 Å². The SMILES string of the molecule is CC[C@@H](C)C(=O)O[C@H]1c2cc3c(c4c2[C@@]2(CO4)C(=O)C(OC)=C(OC)C=C2[C@H](O)[C@@H](C)[C@H]1C)OCO3. The molecule has 1 aromatic rings. The highest BCUT2D eigenvalue weighted by Gasteiger charge is 2.61. The molecule has 2 aliphatic carbocycles. The van der Waals surface area contributed by atoms with Gasteiger partial charge in [-0.3, -0.25) is 9.59 Å². The minimum absolute atomic E-state index is 0.00117. The lowest BCUT2D eigenvalue weighted by atomic mass is 9.61. The molecule has 9 nitrogen and oxygen atoms in total. The number of carbonyl (C=O) groups excluding carboxylic acids is 2. The van der Waals surface area contributed by atoms with Crippen molar-refractivity contribution in [1.29, 1.82) is 0 Å². The molecule has 2 aliphatic heterocycles. The van der Waals surface area contributed by atoms with Crippen LogP contribution in [0, 0.1) is 17.8 Å². The zero-order chi connectivity index (χ0) is 25.9. The van der Waals surface area contributed by atoms with Crippen LogP contribution in [0.3, 0.4) is 0 Å². The number of methoxy groups -OCH3 is 2. The van der Waals surface area contributed by atoms with Crippen LogP contribution in [-0.2, 0) is 29.2 Å². The number of ketones is 1. The summed E-state index contributed by atoms with van der Waals surface area (Å²) in [7, 11) is 2.85. The van der Waals surface area contributed by atoms with Crippen molar-refractivity contribution in [3.05, 3.63) is 40.4 Å². The summed E-state index contributed by atoms with van der Waals surface area (Å²) in [5, 5.41) is 11.7. The largest absolute Gasteiger partial charge is 0.493 e. The minimum atomic E-state index is -1.41. The fourth-order valence-electron chi connectivity index (χ4n) is 5.65. The van der Waals surface area contributed by atoms with Crippen LogP contribution in [0.4, 0.5) is 0 Å². The second-order valence-electron chi connectivity index (χ2n) is 9.96. The van der Waals surface area contributed by atoms with E-state index in [0.29, 0.717) is 40.4 Å². The van der Waals surface area contributed by atoms with E-state index in [1.165, 1.54) is 14.2 Å². The average molecular weight is 501 g/mol. The van der Waals surface area contributed by atoms with Crippen molar-refractivity contribution < 1.29 is 43.1 Å². The van der Waals surface area contributed by atoms with Crippen molar-refractivity contribution in [1.82, 2.24) is 0 Å². The Morgan fingerprint density at radius 3 is 2.58 bits per heavy atom. The Kier molecular flexibility index (Phi) is 5.94. The first-order valence-corrected chi connectivity index (χ1v) is 12.3. The summed E-state index contributed by atoms with van der Waals surface area (Å²) in [6.07, 6.45) is 0.487. The number of benzene rings is 1. The quantitative estimate of drug-likeness (QED) is 0.609. The number of allylic oxidation sites excluding steroid dienone is 2. The molecule has 0 aromatic heterocycles. The third-order valence-electron chi connectivity index (χ3n) is 8.22. The van der Waals surface area contributed by atoms with Crippen molar-refractivity contribution in [2.24, 2.45) is 17.8 Å². The molecular weight excluding hydrogens is 468 g/mol. The van der Waals surface area contributed by atoms with Gasteiger partial charge < -0.3 is 33.5 Å². The Labute approximate surface area is 209 Å². The van der Waals surface area contributed by atoms with E-state index in [4.69, 9.17) is 28.4 Å². The van der Waals surface area contributed by atoms with Crippen molar-refractivity contribution in [2.45, 2.75) is 51.7 Å². The van der Waals surface area contributed by atoms with Crippen molar-refractivity contribution in [2.75, 3.05) is 27.6 Å². The number of hydrogen-bond donors (Lipinski definition) is 1. The molecule has 36 heavy (non-hydrogen) atoms. The second kappa shape index (κ2) is 8.73. The standard InChI is InChI=1S/C27H32O9/c1-7-12(2)26(30)36-21-14(4)13(3)20(28)16-9-17(31-5)23(32-6)25(29)27(16)10-33-24-19(27)15(21)8-18-22(24)35-11-34-18/h8-9,12-14,20-21,28H,7,10-11H2,1-6H3/t12-,13+,14-,20-,21-,27+/m1/s1. The summed E-state index contributed by atoms with van der Waals surface area (Å²) in [6.45, 7) is 7.48. The van der Waals surface area contributed by atoms with E-state index in [1.807, 2.05) is 27.7 Å². The molecule has 2 heterocycles. The first-order chi connectivity index (χ1) is 17.2. The number of aliphatic hydroxyl groups excluding tert-OH is 1. The number of rotatable bonds is 5. The molecule has 0 bridgehead atoms. The van der Waals surface area contributed by atoms with E-state index in [-0.39, 0.29) is 48.6 Å². The van der Waals surface area contributed by atoms with Gasteiger partial charge >= 0.3 is 5.97 Å². The van der Waals surface area contributed by atoms with Gasteiger partial charge in [0.15, 0.2) is 17.3 Å². The Morgan fingerprint density at radius 1 is 1.17 bits per heavy atom. The monoisotopic (exact) mass is 500 g/mol. The predicted octanol–water partition coefficient (Wildman–Crippen LogP) is 3.34. The summed E-state index contributed by atoms with van der Waals surface area (Å²) in [5.41, 5.74) is 0.154. The summed E-state index contributed by atoms with van der Waals surface area (Å²) < 4.78 is 34.7. The van der Waals surface area contributed by atoms with Crippen LogP contribution >= 0.6 is 0 Å². The molecule has 0 radical (unpaired) electrons. The third kappa shape index (κ3) is 3.18. The van der Waals surface area contributed by atoms with E-state index in [0.717, 1.165) is 0 Å². The molecule has 4 aliphatic rings. The topological polar surface area (TPSA) is 110 Å². The summed E-state index contributed by atoms with van der Waals surface area (Å²) in [6, 6.07) is 1.78. The molecule has 1 N–H and O–H groups in total. The molecule has 0 fully saturated rings. The van der Waals surface area contributed by atoms with E-state index < -0.39 is 23.4 Å². The van der Waals surface area contributed by atoms with Gasteiger partial charge in [-0.05, 0) is 30.1 Å². The van der Waals surface area contributed by atoms with Crippen molar-refractivity contribution in [3.8, 4) is 17.2 Å². The van der Waals surface area contributed by atoms with E-state index >= 15 is 0 Å². The van der Waals surface area contributed by atoms with Gasteiger partial charge in [0.2, 0.25) is 24.1 Å². The van der Waals surface area contributed by atoms with Gasteiger partial charge in [0.05, 0.1) is 26.2 Å². The molecule has 0 saturated carbocycles. The zero-order valence-corrected chi connectivity index (χ0v) is 21.4. The van der Waals surface area contributed by atoms with Crippen molar-refractivity contribution >= 4 is 11.8 Å². The van der Waals surface area contributed by atoms with Crippen LogP contribution in [0.25, 0.3) is 0 Å². The fraction of sp³-hybridized carbons (Fsp3) is 0.556. The Balaban J connectivity index is 1.82. The van der Waals surface area contributed by atoms with Gasteiger partial charge in [-0.15, -0.1) is 0 Å². The van der Waals surface area contributed by atoms with Crippen LogP contribution in [0.15, 0.2) is 29.2 Å².